The largest absolute Gasteiger partial charge is 0.339 e. The Kier molecular flexibility index (Phi) is 7.26. The minimum absolute atomic E-state index is 0.0239. The van der Waals surface area contributed by atoms with Crippen LogP contribution < -0.4 is 0 Å². The fraction of sp³-hybridized carbons (Fsp3) is 0.536. The molecule has 1 aliphatic carbocycles. The Labute approximate surface area is 201 Å². The number of piperidine rings is 1. The molecule has 2 saturated heterocycles. The minimum Gasteiger partial charge on any atom is -0.339 e. The van der Waals surface area contributed by atoms with Crippen molar-refractivity contribution in [2.45, 2.75) is 44.1 Å². The summed E-state index contributed by atoms with van der Waals surface area (Å²) in [5, 5.41) is 0. The van der Waals surface area contributed by atoms with E-state index in [1.54, 1.807) is 0 Å². The first-order chi connectivity index (χ1) is 16.6. The van der Waals surface area contributed by atoms with Gasteiger partial charge in [0.25, 0.3) is 0 Å². The van der Waals surface area contributed by atoms with Crippen molar-refractivity contribution in [2.24, 2.45) is 5.92 Å². The van der Waals surface area contributed by atoms with Crippen molar-refractivity contribution >= 4 is 5.91 Å². The van der Waals surface area contributed by atoms with Crippen LogP contribution in [0.4, 0.5) is 8.78 Å². The third-order valence-electron chi connectivity index (χ3n) is 7.76. The van der Waals surface area contributed by atoms with Gasteiger partial charge in [-0.15, -0.1) is 0 Å². The lowest BCUT2D eigenvalue weighted by atomic mass is 9.90. The monoisotopic (exact) mass is 467 g/mol. The number of nitrogens with zero attached hydrogens (tertiary/aromatic N) is 3. The highest BCUT2D eigenvalue weighted by Crippen LogP contribution is 2.32. The predicted octanol–water partition coefficient (Wildman–Crippen LogP) is 4.51. The van der Waals surface area contributed by atoms with E-state index in [0.717, 1.165) is 75.7 Å². The third kappa shape index (κ3) is 5.66. The van der Waals surface area contributed by atoms with Crippen LogP contribution >= 0.6 is 0 Å². The topological polar surface area (TPSA) is 26.8 Å². The van der Waals surface area contributed by atoms with E-state index >= 15 is 0 Å². The summed E-state index contributed by atoms with van der Waals surface area (Å²) in [6.07, 6.45) is 5.98. The van der Waals surface area contributed by atoms with Gasteiger partial charge in [0.05, 0.1) is 6.04 Å². The van der Waals surface area contributed by atoms with Crippen LogP contribution in [0.15, 0.2) is 48.5 Å². The molecule has 6 heteroatoms. The number of hydrogen-bond donors (Lipinski definition) is 0. The molecular formula is C28H35F2N3O. The summed E-state index contributed by atoms with van der Waals surface area (Å²) in [6, 6.07) is 13.3. The predicted molar refractivity (Wildman–Crippen MR) is 130 cm³/mol. The fourth-order valence-corrected chi connectivity index (χ4v) is 5.53. The molecule has 0 aromatic heterocycles. The molecular weight excluding hydrogens is 432 g/mol. The molecule has 0 bridgehead atoms. The Bertz CT molecular complexity index is 907. The molecule has 2 aliphatic heterocycles. The van der Waals surface area contributed by atoms with Crippen LogP contribution in [-0.4, -0.2) is 72.5 Å². The zero-order valence-electron chi connectivity index (χ0n) is 19.8. The maximum atomic E-state index is 13.5. The van der Waals surface area contributed by atoms with Crippen LogP contribution in [0.25, 0.3) is 0 Å². The zero-order valence-corrected chi connectivity index (χ0v) is 19.8. The second-order valence-corrected chi connectivity index (χ2v) is 10.2. The van der Waals surface area contributed by atoms with Crippen molar-refractivity contribution < 1.29 is 13.6 Å². The number of benzene rings is 2. The van der Waals surface area contributed by atoms with E-state index in [9.17, 15) is 13.6 Å². The Morgan fingerprint density at radius 1 is 0.794 bits per heavy atom. The summed E-state index contributed by atoms with van der Waals surface area (Å²) in [5.74, 6) is 0.629. The van der Waals surface area contributed by atoms with Crippen molar-refractivity contribution in [3.8, 4) is 0 Å². The molecule has 0 unspecified atom stereocenters. The average Bonchev–Trinajstić information content (AvgIpc) is 3.68. The van der Waals surface area contributed by atoms with Crippen LogP contribution in [-0.2, 0) is 4.79 Å². The lowest BCUT2D eigenvalue weighted by Crippen LogP contribution is -2.56. The van der Waals surface area contributed by atoms with Gasteiger partial charge >= 0.3 is 0 Å². The van der Waals surface area contributed by atoms with Gasteiger partial charge in [0.2, 0.25) is 5.91 Å². The Balaban J connectivity index is 1.22. The van der Waals surface area contributed by atoms with Crippen LogP contribution in [0.1, 0.15) is 49.1 Å². The second kappa shape index (κ2) is 10.5. The molecule has 2 aromatic rings. The second-order valence-electron chi connectivity index (χ2n) is 10.2. The molecule has 182 valence electrons. The number of likely N-dealkylation sites (tertiary alicyclic amines) is 1. The third-order valence-corrected chi connectivity index (χ3v) is 7.76. The van der Waals surface area contributed by atoms with E-state index in [1.165, 1.54) is 43.5 Å². The first-order valence-electron chi connectivity index (χ1n) is 12.8. The van der Waals surface area contributed by atoms with Gasteiger partial charge < -0.3 is 4.90 Å². The van der Waals surface area contributed by atoms with Crippen molar-refractivity contribution in [1.82, 2.24) is 14.7 Å². The number of rotatable bonds is 7. The number of hydrogen-bond acceptors (Lipinski definition) is 3. The zero-order chi connectivity index (χ0) is 23.5. The van der Waals surface area contributed by atoms with E-state index in [-0.39, 0.29) is 23.6 Å². The van der Waals surface area contributed by atoms with Crippen molar-refractivity contribution in [2.75, 3.05) is 45.8 Å². The average molecular weight is 468 g/mol. The molecule has 4 nitrogen and oxygen atoms in total. The lowest BCUT2D eigenvalue weighted by molar-refractivity contribution is -0.140. The molecule has 2 aromatic carbocycles. The molecule has 0 N–H and O–H groups in total. The quantitative estimate of drug-likeness (QED) is 0.600. The summed E-state index contributed by atoms with van der Waals surface area (Å²) in [4.78, 5) is 20.3. The molecule has 2 heterocycles. The normalized spacial score (nSPS) is 22.3. The van der Waals surface area contributed by atoms with E-state index < -0.39 is 0 Å². The van der Waals surface area contributed by atoms with Gasteiger partial charge in [-0.05, 0) is 73.5 Å². The Hall–Kier alpha value is -2.31. The maximum Gasteiger partial charge on any atom is 0.240 e. The molecule has 1 saturated carbocycles. The first kappa shape index (κ1) is 23.4. The summed E-state index contributed by atoms with van der Waals surface area (Å²) >= 11 is 0. The minimum atomic E-state index is -0.257. The molecule has 0 spiro atoms. The molecule has 1 atom stereocenters. The summed E-state index contributed by atoms with van der Waals surface area (Å²) in [5.41, 5.74) is 2.04. The van der Waals surface area contributed by atoms with Crippen LogP contribution in [0.2, 0.25) is 0 Å². The molecule has 3 fully saturated rings. The van der Waals surface area contributed by atoms with Gasteiger partial charge in [0.15, 0.2) is 0 Å². The summed E-state index contributed by atoms with van der Waals surface area (Å²) in [6.45, 7) is 6.03. The Morgan fingerprint density at radius 3 is 1.94 bits per heavy atom. The molecule has 5 rings (SSSR count). The summed E-state index contributed by atoms with van der Waals surface area (Å²) < 4.78 is 27.1. The number of amides is 1. The highest BCUT2D eigenvalue weighted by molar-refractivity contribution is 5.82. The molecule has 3 aliphatic rings. The van der Waals surface area contributed by atoms with Crippen LogP contribution in [0, 0.1) is 17.6 Å². The van der Waals surface area contributed by atoms with E-state index in [2.05, 4.69) is 14.7 Å². The standard InChI is InChI=1S/C28H35F2N3O/c29-24-10-6-22(7-11-24)26(23-8-12-25(30)13-9-23)20-31-15-17-32(18-16-31)28(34)27-3-1-2-14-33(27)19-21-4-5-21/h6-13,21,26-27H,1-5,14-20H2/t27-/m0/s1. The number of piperazine rings is 1. The van der Waals surface area contributed by atoms with Crippen LogP contribution in [0.5, 0.6) is 0 Å². The van der Waals surface area contributed by atoms with Gasteiger partial charge in [0, 0.05) is 45.2 Å². The van der Waals surface area contributed by atoms with Gasteiger partial charge in [-0.1, -0.05) is 30.7 Å². The number of carbonyl (C=O) groups excluding carboxylic acids is 1. The van der Waals surface area contributed by atoms with E-state index in [1.807, 2.05) is 24.3 Å². The SMILES string of the molecule is O=C([C@@H]1CCCCN1CC1CC1)N1CCN(CC(c2ccc(F)cc2)c2ccc(F)cc2)CC1. The van der Waals surface area contributed by atoms with Gasteiger partial charge in [-0.3, -0.25) is 14.6 Å². The fourth-order valence-electron chi connectivity index (χ4n) is 5.53. The molecule has 0 radical (unpaired) electrons. The maximum absolute atomic E-state index is 13.5. The summed E-state index contributed by atoms with van der Waals surface area (Å²) in [7, 11) is 0. The van der Waals surface area contributed by atoms with Gasteiger partial charge in [-0.2, -0.15) is 0 Å². The lowest BCUT2D eigenvalue weighted by Gasteiger charge is -2.41. The van der Waals surface area contributed by atoms with Crippen molar-refractivity contribution in [3.05, 3.63) is 71.3 Å². The van der Waals surface area contributed by atoms with Gasteiger partial charge in [-0.25, -0.2) is 8.78 Å². The first-order valence-corrected chi connectivity index (χ1v) is 12.8. The van der Waals surface area contributed by atoms with Crippen molar-refractivity contribution in [1.29, 1.82) is 0 Å². The Morgan fingerprint density at radius 2 is 1.38 bits per heavy atom. The van der Waals surface area contributed by atoms with Gasteiger partial charge in [0.1, 0.15) is 11.6 Å². The molecule has 1 amide bonds. The highest BCUT2D eigenvalue weighted by atomic mass is 19.1. The smallest absolute Gasteiger partial charge is 0.240 e. The van der Waals surface area contributed by atoms with E-state index in [4.69, 9.17) is 0 Å². The molecule has 34 heavy (non-hydrogen) atoms. The number of halogens is 2. The highest BCUT2D eigenvalue weighted by Gasteiger charge is 2.36. The van der Waals surface area contributed by atoms with Crippen LogP contribution in [0.3, 0.4) is 0 Å². The van der Waals surface area contributed by atoms with E-state index in [0.29, 0.717) is 5.91 Å². The number of carbonyl (C=O) groups is 1. The van der Waals surface area contributed by atoms with Crippen molar-refractivity contribution in [3.63, 3.8) is 0 Å².